The molecule has 1 unspecified atom stereocenters. The van der Waals surface area contributed by atoms with E-state index in [2.05, 4.69) is 29.5 Å². The van der Waals surface area contributed by atoms with Gasteiger partial charge < -0.3 is 9.47 Å². The largest absolute Gasteiger partial charge is 0.489 e. The first-order valence-corrected chi connectivity index (χ1v) is 7.91. The molecule has 0 saturated heterocycles. The molecule has 0 radical (unpaired) electrons. The van der Waals surface area contributed by atoms with Crippen LogP contribution in [0.3, 0.4) is 0 Å². The van der Waals surface area contributed by atoms with Gasteiger partial charge in [0.15, 0.2) is 17.3 Å². The third kappa shape index (κ3) is 3.20. The molecule has 0 fully saturated rings. The number of hydrogen-bond acceptors (Lipinski definition) is 3. The van der Waals surface area contributed by atoms with Gasteiger partial charge >= 0.3 is 0 Å². The Labute approximate surface area is 137 Å². The fourth-order valence-electron chi connectivity index (χ4n) is 2.16. The van der Waals surface area contributed by atoms with Crippen molar-refractivity contribution in [2.24, 2.45) is 5.92 Å². The number of carbonyl (C=O) groups excluding carboxylic acids is 1. The van der Waals surface area contributed by atoms with Crippen LogP contribution < -0.4 is 9.47 Å². The van der Waals surface area contributed by atoms with E-state index in [0.717, 1.165) is 3.57 Å². The van der Waals surface area contributed by atoms with Crippen molar-refractivity contribution in [3.05, 3.63) is 57.2 Å². The third-order valence-corrected chi connectivity index (χ3v) is 4.08. The van der Waals surface area contributed by atoms with Crippen molar-refractivity contribution in [1.29, 1.82) is 0 Å². The van der Waals surface area contributed by atoms with Crippen molar-refractivity contribution in [2.45, 2.75) is 6.92 Å². The number of halogens is 1. The SMILES string of the molecule is CC1COc2ccc(C(=O)c3ccc(I)cc3)cc2OC1. The molecule has 0 bridgehead atoms. The van der Waals surface area contributed by atoms with E-state index in [1.807, 2.05) is 30.3 Å². The summed E-state index contributed by atoms with van der Waals surface area (Å²) < 4.78 is 12.5. The summed E-state index contributed by atoms with van der Waals surface area (Å²) in [6, 6.07) is 12.9. The molecule has 1 atom stereocenters. The lowest BCUT2D eigenvalue weighted by molar-refractivity contribution is 0.103. The zero-order valence-corrected chi connectivity index (χ0v) is 13.8. The smallest absolute Gasteiger partial charge is 0.193 e. The molecule has 3 nitrogen and oxygen atoms in total. The molecular weight excluding hydrogens is 379 g/mol. The number of fused-ring (bicyclic) bond motifs is 1. The second-order valence-electron chi connectivity index (χ2n) is 5.22. The van der Waals surface area contributed by atoms with Gasteiger partial charge in [-0.2, -0.15) is 0 Å². The van der Waals surface area contributed by atoms with Crippen LogP contribution in [-0.4, -0.2) is 19.0 Å². The molecule has 2 aromatic carbocycles. The van der Waals surface area contributed by atoms with Crippen LogP contribution in [0, 0.1) is 9.49 Å². The van der Waals surface area contributed by atoms with Crippen LogP contribution >= 0.6 is 22.6 Å². The van der Waals surface area contributed by atoms with Crippen molar-refractivity contribution >= 4 is 28.4 Å². The molecule has 21 heavy (non-hydrogen) atoms. The molecule has 0 aliphatic carbocycles. The van der Waals surface area contributed by atoms with E-state index in [4.69, 9.17) is 9.47 Å². The van der Waals surface area contributed by atoms with Crippen LogP contribution in [0.2, 0.25) is 0 Å². The Morgan fingerprint density at radius 2 is 1.62 bits per heavy atom. The third-order valence-electron chi connectivity index (χ3n) is 3.36. The normalized spacial score (nSPS) is 17.1. The van der Waals surface area contributed by atoms with Crippen molar-refractivity contribution in [3.63, 3.8) is 0 Å². The highest BCUT2D eigenvalue weighted by atomic mass is 127. The summed E-state index contributed by atoms with van der Waals surface area (Å²) in [7, 11) is 0. The minimum atomic E-state index is -0.00454. The van der Waals surface area contributed by atoms with Crippen LogP contribution in [0.25, 0.3) is 0 Å². The molecule has 0 saturated carbocycles. The van der Waals surface area contributed by atoms with Gasteiger partial charge in [-0.15, -0.1) is 0 Å². The highest BCUT2D eigenvalue weighted by Gasteiger charge is 2.17. The average Bonchev–Trinajstić information content (AvgIpc) is 2.69. The van der Waals surface area contributed by atoms with Gasteiger partial charge in [-0.1, -0.05) is 6.92 Å². The molecule has 0 aromatic heterocycles. The van der Waals surface area contributed by atoms with Crippen molar-refractivity contribution in [2.75, 3.05) is 13.2 Å². The van der Waals surface area contributed by atoms with Crippen LogP contribution in [0.1, 0.15) is 22.8 Å². The Hall–Kier alpha value is -1.56. The highest BCUT2D eigenvalue weighted by Crippen LogP contribution is 2.32. The lowest BCUT2D eigenvalue weighted by Gasteiger charge is -2.09. The summed E-state index contributed by atoms with van der Waals surface area (Å²) in [6.07, 6.45) is 0. The zero-order valence-electron chi connectivity index (χ0n) is 11.6. The Bertz CT molecular complexity index is 664. The van der Waals surface area contributed by atoms with Crippen LogP contribution in [-0.2, 0) is 0 Å². The van der Waals surface area contributed by atoms with Gasteiger partial charge in [-0.25, -0.2) is 0 Å². The summed E-state index contributed by atoms with van der Waals surface area (Å²) in [5.74, 6) is 1.69. The molecule has 0 N–H and O–H groups in total. The second kappa shape index (κ2) is 6.05. The minimum Gasteiger partial charge on any atom is -0.489 e. The van der Waals surface area contributed by atoms with E-state index in [1.54, 1.807) is 12.1 Å². The molecule has 1 heterocycles. The summed E-state index contributed by atoms with van der Waals surface area (Å²) in [5.41, 5.74) is 1.30. The first-order valence-electron chi connectivity index (χ1n) is 6.83. The van der Waals surface area contributed by atoms with Gasteiger partial charge in [0, 0.05) is 20.6 Å². The van der Waals surface area contributed by atoms with Crippen LogP contribution in [0.5, 0.6) is 11.5 Å². The summed E-state index contributed by atoms with van der Waals surface area (Å²) in [5, 5.41) is 0. The molecule has 0 amide bonds. The van der Waals surface area contributed by atoms with E-state index in [-0.39, 0.29) is 5.78 Å². The topological polar surface area (TPSA) is 35.5 Å². The monoisotopic (exact) mass is 394 g/mol. The maximum Gasteiger partial charge on any atom is 0.193 e. The predicted octanol–water partition coefficient (Wildman–Crippen LogP) is 3.93. The van der Waals surface area contributed by atoms with E-state index < -0.39 is 0 Å². The molecule has 1 aliphatic rings. The van der Waals surface area contributed by atoms with E-state index >= 15 is 0 Å². The fourth-order valence-corrected chi connectivity index (χ4v) is 2.52. The van der Waals surface area contributed by atoms with Gasteiger partial charge in [-0.3, -0.25) is 4.79 Å². The Kier molecular flexibility index (Phi) is 4.14. The number of hydrogen-bond donors (Lipinski definition) is 0. The molecule has 2 aromatic rings. The number of ether oxygens (including phenoxy) is 2. The molecule has 0 spiro atoms. The Morgan fingerprint density at radius 1 is 1.00 bits per heavy atom. The van der Waals surface area contributed by atoms with Gasteiger partial charge in [-0.05, 0) is 65.1 Å². The second-order valence-corrected chi connectivity index (χ2v) is 6.47. The predicted molar refractivity (Wildman–Crippen MR) is 89.2 cm³/mol. The first-order chi connectivity index (χ1) is 10.1. The quantitative estimate of drug-likeness (QED) is 0.572. The molecule has 3 rings (SSSR count). The van der Waals surface area contributed by atoms with Crippen molar-refractivity contribution in [3.8, 4) is 11.5 Å². The highest BCUT2D eigenvalue weighted by molar-refractivity contribution is 14.1. The van der Waals surface area contributed by atoms with Crippen LogP contribution in [0.4, 0.5) is 0 Å². The summed E-state index contributed by atoms with van der Waals surface area (Å²) in [6.45, 7) is 3.31. The maximum absolute atomic E-state index is 12.5. The molecule has 4 heteroatoms. The van der Waals surface area contributed by atoms with Gasteiger partial charge in [0.2, 0.25) is 0 Å². The minimum absolute atomic E-state index is 0.00454. The lowest BCUT2D eigenvalue weighted by Crippen LogP contribution is -2.12. The van der Waals surface area contributed by atoms with Crippen molar-refractivity contribution in [1.82, 2.24) is 0 Å². The first kappa shape index (κ1) is 14.4. The lowest BCUT2D eigenvalue weighted by atomic mass is 10.0. The number of benzene rings is 2. The Morgan fingerprint density at radius 3 is 2.33 bits per heavy atom. The summed E-state index contributed by atoms with van der Waals surface area (Å²) in [4.78, 5) is 12.5. The van der Waals surface area contributed by atoms with Crippen molar-refractivity contribution < 1.29 is 14.3 Å². The number of rotatable bonds is 2. The summed E-state index contributed by atoms with van der Waals surface area (Å²) >= 11 is 2.22. The standard InChI is InChI=1S/C17H15IO3/c1-11-9-20-15-7-4-13(8-16(15)21-10-11)17(19)12-2-5-14(18)6-3-12/h2-8,11H,9-10H2,1H3. The van der Waals surface area contributed by atoms with Gasteiger partial charge in [0.25, 0.3) is 0 Å². The van der Waals surface area contributed by atoms with E-state index in [1.165, 1.54) is 0 Å². The molecule has 1 aliphatic heterocycles. The average molecular weight is 394 g/mol. The van der Waals surface area contributed by atoms with E-state index in [0.29, 0.717) is 41.8 Å². The number of carbonyl (C=O) groups is 1. The van der Waals surface area contributed by atoms with Gasteiger partial charge in [0.05, 0.1) is 13.2 Å². The van der Waals surface area contributed by atoms with Crippen LogP contribution in [0.15, 0.2) is 42.5 Å². The van der Waals surface area contributed by atoms with Gasteiger partial charge in [0.1, 0.15) is 0 Å². The molecular formula is C17H15IO3. The zero-order chi connectivity index (χ0) is 14.8. The fraction of sp³-hybridized carbons (Fsp3) is 0.235. The van der Waals surface area contributed by atoms with E-state index in [9.17, 15) is 4.79 Å². The number of ketones is 1. The Balaban J connectivity index is 1.90. The maximum atomic E-state index is 12.5. The molecule has 108 valence electrons.